The number of carbonyl (C=O) groups is 2. The van der Waals surface area contributed by atoms with Gasteiger partial charge in [-0.2, -0.15) is 0 Å². The van der Waals surface area contributed by atoms with Crippen LogP contribution in [0.15, 0.2) is 30.3 Å². The van der Waals surface area contributed by atoms with Crippen molar-refractivity contribution < 1.29 is 24.5 Å². The average Bonchev–Trinajstić information content (AvgIpc) is 2.54. The van der Waals surface area contributed by atoms with Gasteiger partial charge in [0.1, 0.15) is 5.41 Å². The first-order chi connectivity index (χ1) is 11.4. The molecule has 6 heteroatoms. The zero-order valence-electron chi connectivity index (χ0n) is 13.8. The monoisotopic (exact) mass is 333 g/mol. The number of carboxylic acids is 1. The lowest BCUT2D eigenvalue weighted by Gasteiger charge is -2.47. The highest BCUT2D eigenvalue weighted by Crippen LogP contribution is 2.38. The summed E-state index contributed by atoms with van der Waals surface area (Å²) in [6, 6.07) is 9.31. The van der Waals surface area contributed by atoms with E-state index >= 15 is 0 Å². The van der Waals surface area contributed by atoms with Crippen LogP contribution in [-0.2, 0) is 20.7 Å². The van der Waals surface area contributed by atoms with Crippen molar-refractivity contribution in [3.63, 3.8) is 0 Å². The molecule has 0 aromatic heterocycles. The van der Waals surface area contributed by atoms with Crippen LogP contribution < -0.4 is 0 Å². The molecule has 0 bridgehead atoms. The quantitative estimate of drug-likeness (QED) is 0.856. The lowest BCUT2D eigenvalue weighted by molar-refractivity contribution is -0.180. The van der Waals surface area contributed by atoms with E-state index < -0.39 is 22.9 Å². The van der Waals surface area contributed by atoms with Crippen LogP contribution in [0.3, 0.4) is 0 Å². The van der Waals surface area contributed by atoms with Crippen molar-refractivity contribution in [2.45, 2.75) is 25.9 Å². The van der Waals surface area contributed by atoms with Crippen LogP contribution in [0, 0.1) is 10.8 Å². The predicted octanol–water partition coefficient (Wildman–Crippen LogP) is 0.930. The molecule has 24 heavy (non-hydrogen) atoms. The number of aliphatic hydroxyl groups excluding tert-OH is 1. The van der Waals surface area contributed by atoms with Crippen LogP contribution in [0.5, 0.6) is 0 Å². The highest BCUT2D eigenvalue weighted by atomic mass is 16.5. The van der Waals surface area contributed by atoms with E-state index in [9.17, 15) is 19.8 Å². The molecule has 1 aromatic carbocycles. The minimum Gasteiger partial charge on any atom is -0.481 e. The van der Waals surface area contributed by atoms with Gasteiger partial charge in [-0.25, -0.2) is 0 Å². The van der Waals surface area contributed by atoms with Crippen LogP contribution in [0.25, 0.3) is 0 Å². The predicted molar refractivity (Wildman–Crippen MR) is 86.3 cm³/mol. The minimum absolute atomic E-state index is 0.0492. The Morgan fingerprint density at radius 2 is 1.96 bits per heavy atom. The van der Waals surface area contributed by atoms with Gasteiger partial charge in [-0.15, -0.1) is 0 Å². The molecule has 0 unspecified atom stereocenters. The average molecular weight is 333 g/mol. The SMILES string of the molecule is CC1(C(=O)N2CC[C@](Cc3ccccc3)(C(=O)O)[C@H](O)C2)COC1. The molecule has 2 heterocycles. The van der Waals surface area contributed by atoms with Crippen LogP contribution in [-0.4, -0.2) is 59.4 Å². The fraction of sp³-hybridized carbons (Fsp3) is 0.556. The Hall–Kier alpha value is -1.92. The Bertz CT molecular complexity index is 628. The third-order valence-electron chi connectivity index (χ3n) is 5.29. The van der Waals surface area contributed by atoms with Gasteiger partial charge in [-0.1, -0.05) is 30.3 Å². The summed E-state index contributed by atoms with van der Waals surface area (Å²) in [7, 11) is 0. The van der Waals surface area contributed by atoms with Gasteiger partial charge >= 0.3 is 5.97 Å². The van der Waals surface area contributed by atoms with Gasteiger partial charge in [0, 0.05) is 13.1 Å². The number of β-amino-alcohol motifs (C(OH)–C–C–N with tert-alkyl or cyclic N) is 1. The third-order valence-corrected chi connectivity index (χ3v) is 5.29. The number of benzene rings is 1. The van der Waals surface area contributed by atoms with Gasteiger partial charge in [-0.05, 0) is 25.3 Å². The number of nitrogens with zero attached hydrogens (tertiary/aromatic N) is 1. The second-order valence-corrected chi connectivity index (χ2v) is 7.19. The molecule has 2 aliphatic heterocycles. The summed E-state index contributed by atoms with van der Waals surface area (Å²) < 4.78 is 5.13. The van der Waals surface area contributed by atoms with E-state index in [4.69, 9.17) is 4.74 Å². The summed E-state index contributed by atoms with van der Waals surface area (Å²) in [4.78, 5) is 26.1. The van der Waals surface area contributed by atoms with E-state index in [1.807, 2.05) is 37.3 Å². The topological polar surface area (TPSA) is 87.1 Å². The summed E-state index contributed by atoms with van der Waals surface area (Å²) in [5, 5.41) is 20.4. The van der Waals surface area contributed by atoms with Gasteiger partial charge in [-0.3, -0.25) is 9.59 Å². The van der Waals surface area contributed by atoms with Gasteiger partial charge < -0.3 is 19.8 Å². The van der Waals surface area contributed by atoms with Gasteiger partial charge in [0.05, 0.1) is 24.7 Å². The van der Waals surface area contributed by atoms with Crippen molar-refractivity contribution in [3.8, 4) is 0 Å². The van der Waals surface area contributed by atoms with Crippen molar-refractivity contribution in [1.82, 2.24) is 4.90 Å². The van der Waals surface area contributed by atoms with Crippen molar-refractivity contribution in [1.29, 1.82) is 0 Å². The molecule has 1 amide bonds. The normalized spacial score (nSPS) is 28.9. The molecule has 2 atom stereocenters. The number of carbonyl (C=O) groups excluding carboxylic acids is 1. The molecule has 2 fully saturated rings. The molecule has 0 saturated carbocycles. The molecular weight excluding hydrogens is 310 g/mol. The number of likely N-dealkylation sites (tertiary alicyclic amines) is 1. The number of hydrogen-bond donors (Lipinski definition) is 2. The third kappa shape index (κ3) is 2.80. The Kier molecular flexibility index (Phi) is 4.36. The Balaban J connectivity index is 1.76. The standard InChI is InChI=1S/C18H23NO5/c1-17(11-24-12-17)15(21)19-8-7-18(16(22)23,14(20)10-19)9-13-5-3-2-4-6-13/h2-6,14,20H,7-12H2,1H3,(H,22,23)/t14-,18-/m1/s1. The number of aliphatic carboxylic acids is 1. The van der Waals surface area contributed by atoms with Gasteiger partial charge in [0.25, 0.3) is 0 Å². The van der Waals surface area contributed by atoms with Crippen LogP contribution in [0.1, 0.15) is 18.9 Å². The van der Waals surface area contributed by atoms with Gasteiger partial charge in [0.2, 0.25) is 5.91 Å². The fourth-order valence-electron chi connectivity index (χ4n) is 3.57. The molecular formula is C18H23NO5. The van der Waals surface area contributed by atoms with E-state index in [1.165, 1.54) is 0 Å². The van der Waals surface area contributed by atoms with Gasteiger partial charge in [0.15, 0.2) is 0 Å². The number of rotatable bonds is 4. The maximum Gasteiger partial charge on any atom is 0.312 e. The summed E-state index contributed by atoms with van der Waals surface area (Å²) >= 11 is 0. The maximum atomic E-state index is 12.6. The van der Waals surface area contributed by atoms with Crippen molar-refractivity contribution >= 4 is 11.9 Å². The highest BCUT2D eigenvalue weighted by molar-refractivity contribution is 5.84. The zero-order valence-corrected chi connectivity index (χ0v) is 13.8. The second-order valence-electron chi connectivity index (χ2n) is 7.19. The van der Waals surface area contributed by atoms with Crippen LogP contribution >= 0.6 is 0 Å². The van der Waals surface area contributed by atoms with E-state index in [1.54, 1.807) is 4.90 Å². The van der Waals surface area contributed by atoms with Crippen LogP contribution in [0.4, 0.5) is 0 Å². The lowest BCUT2D eigenvalue weighted by atomic mass is 9.71. The molecule has 0 spiro atoms. The summed E-state index contributed by atoms with van der Waals surface area (Å²) in [6.07, 6.45) is -0.606. The molecule has 130 valence electrons. The fourth-order valence-corrected chi connectivity index (χ4v) is 3.57. The Morgan fingerprint density at radius 3 is 2.46 bits per heavy atom. The first-order valence-electron chi connectivity index (χ1n) is 8.20. The number of amides is 1. The molecule has 2 N–H and O–H groups in total. The zero-order chi connectivity index (χ0) is 17.4. The van der Waals surface area contributed by atoms with Crippen molar-refractivity contribution in [2.75, 3.05) is 26.3 Å². The molecule has 6 nitrogen and oxygen atoms in total. The van der Waals surface area contributed by atoms with E-state index in [0.29, 0.717) is 19.8 Å². The lowest BCUT2D eigenvalue weighted by Crippen LogP contribution is -2.61. The molecule has 2 saturated heterocycles. The smallest absolute Gasteiger partial charge is 0.312 e. The highest BCUT2D eigenvalue weighted by Gasteiger charge is 2.52. The number of carboxylic acid groups (broad SMARTS) is 1. The minimum atomic E-state index is -1.25. The number of hydrogen-bond acceptors (Lipinski definition) is 4. The summed E-state index contributed by atoms with van der Waals surface area (Å²) in [6.45, 7) is 2.99. The Labute approximate surface area is 141 Å². The molecule has 3 rings (SSSR count). The van der Waals surface area contributed by atoms with E-state index in [0.717, 1.165) is 5.56 Å². The van der Waals surface area contributed by atoms with Crippen LogP contribution in [0.2, 0.25) is 0 Å². The van der Waals surface area contributed by atoms with E-state index in [2.05, 4.69) is 0 Å². The Morgan fingerprint density at radius 1 is 1.29 bits per heavy atom. The maximum absolute atomic E-state index is 12.6. The van der Waals surface area contributed by atoms with E-state index in [-0.39, 0.29) is 25.3 Å². The molecule has 1 aromatic rings. The number of ether oxygens (including phenoxy) is 1. The summed E-state index contributed by atoms with van der Waals surface area (Å²) in [5.41, 5.74) is -0.921. The molecule has 2 aliphatic rings. The molecule has 0 radical (unpaired) electrons. The van der Waals surface area contributed by atoms with Crippen molar-refractivity contribution in [3.05, 3.63) is 35.9 Å². The summed E-state index contributed by atoms with van der Waals surface area (Å²) in [5.74, 6) is -1.07. The second kappa shape index (κ2) is 6.18. The largest absolute Gasteiger partial charge is 0.481 e. The van der Waals surface area contributed by atoms with Crippen molar-refractivity contribution in [2.24, 2.45) is 10.8 Å². The first-order valence-corrected chi connectivity index (χ1v) is 8.20. The number of piperidine rings is 1. The molecule has 0 aliphatic carbocycles. The first kappa shape index (κ1) is 16.9. The number of aliphatic hydroxyl groups is 1.